The highest BCUT2D eigenvalue weighted by Gasteiger charge is 2.10. The molecule has 0 fully saturated rings. The largest absolute Gasteiger partial charge is 0.496 e. The number of methoxy groups -OCH3 is 2. The Balaban J connectivity index is 1.86. The van der Waals surface area contributed by atoms with Gasteiger partial charge in [0.1, 0.15) is 29.4 Å². The molecule has 1 aromatic heterocycles. The molecule has 0 atom stereocenters. The highest BCUT2D eigenvalue weighted by Crippen LogP contribution is 2.33. The molecule has 0 N–H and O–H groups in total. The van der Waals surface area contributed by atoms with Gasteiger partial charge in [-0.1, -0.05) is 0 Å². The van der Waals surface area contributed by atoms with Crippen molar-refractivity contribution in [1.82, 2.24) is 0 Å². The number of fused-ring (bicyclic) bond motifs is 1. The molecule has 124 valence electrons. The van der Waals surface area contributed by atoms with E-state index >= 15 is 0 Å². The smallest absolute Gasteiger partial charge is 0.336 e. The maximum atomic E-state index is 11.3. The fraction of sp³-hybridized carbons (Fsp3) is 0.167. The molecule has 0 aliphatic rings. The van der Waals surface area contributed by atoms with Gasteiger partial charge in [0.25, 0.3) is 0 Å². The molecule has 3 aromatic rings. The molecule has 0 amide bonds. The topological polar surface area (TPSA) is 57.9 Å². The van der Waals surface area contributed by atoms with Gasteiger partial charge in [-0.15, -0.1) is 0 Å². The molecule has 6 heteroatoms. The van der Waals surface area contributed by atoms with E-state index in [-0.39, 0.29) is 12.2 Å². The van der Waals surface area contributed by atoms with E-state index in [4.69, 9.17) is 18.6 Å². The van der Waals surface area contributed by atoms with Crippen LogP contribution >= 0.6 is 15.9 Å². The van der Waals surface area contributed by atoms with Gasteiger partial charge in [-0.05, 0) is 46.3 Å². The first-order valence-electron chi connectivity index (χ1n) is 7.18. The minimum atomic E-state index is -0.390. The Morgan fingerprint density at radius 3 is 2.50 bits per heavy atom. The van der Waals surface area contributed by atoms with Crippen molar-refractivity contribution < 1.29 is 18.6 Å². The average molecular weight is 391 g/mol. The lowest BCUT2D eigenvalue weighted by atomic mass is 10.2. The lowest BCUT2D eigenvalue weighted by molar-refractivity contribution is 0.295. The molecule has 1 heterocycles. The number of hydrogen-bond donors (Lipinski definition) is 0. The van der Waals surface area contributed by atoms with E-state index in [2.05, 4.69) is 15.9 Å². The van der Waals surface area contributed by atoms with Crippen molar-refractivity contribution in [2.24, 2.45) is 0 Å². The van der Waals surface area contributed by atoms with Crippen LogP contribution in [0.5, 0.6) is 17.2 Å². The Morgan fingerprint density at radius 1 is 1.00 bits per heavy atom. The van der Waals surface area contributed by atoms with Crippen molar-refractivity contribution in [3.8, 4) is 17.2 Å². The highest BCUT2D eigenvalue weighted by atomic mass is 79.9. The number of benzene rings is 2. The van der Waals surface area contributed by atoms with Crippen LogP contribution in [0.3, 0.4) is 0 Å². The first kappa shape index (κ1) is 16.4. The van der Waals surface area contributed by atoms with Crippen molar-refractivity contribution >= 4 is 26.9 Å². The van der Waals surface area contributed by atoms with E-state index < -0.39 is 0 Å². The summed E-state index contributed by atoms with van der Waals surface area (Å²) >= 11 is 3.42. The van der Waals surface area contributed by atoms with Crippen LogP contribution in [0.15, 0.2) is 56.1 Å². The summed E-state index contributed by atoms with van der Waals surface area (Å²) in [4.78, 5) is 11.3. The zero-order valence-electron chi connectivity index (χ0n) is 13.2. The molecule has 0 unspecified atom stereocenters. The van der Waals surface area contributed by atoms with Gasteiger partial charge in [-0.2, -0.15) is 0 Å². The first-order valence-corrected chi connectivity index (χ1v) is 7.97. The molecule has 24 heavy (non-hydrogen) atoms. The van der Waals surface area contributed by atoms with Crippen LogP contribution < -0.4 is 19.8 Å². The normalized spacial score (nSPS) is 10.6. The lowest BCUT2D eigenvalue weighted by Gasteiger charge is -2.13. The Morgan fingerprint density at radius 2 is 1.75 bits per heavy atom. The number of halogens is 1. The number of ether oxygens (including phenoxy) is 3. The Bertz CT molecular complexity index is 932. The van der Waals surface area contributed by atoms with Crippen LogP contribution in [0.2, 0.25) is 0 Å². The fourth-order valence-electron chi connectivity index (χ4n) is 2.33. The molecule has 0 saturated carbocycles. The van der Waals surface area contributed by atoms with Crippen LogP contribution in [0.1, 0.15) is 5.56 Å². The number of rotatable bonds is 5. The van der Waals surface area contributed by atoms with Gasteiger partial charge in [-0.25, -0.2) is 4.79 Å². The predicted molar refractivity (Wildman–Crippen MR) is 94.1 cm³/mol. The van der Waals surface area contributed by atoms with E-state index in [9.17, 15) is 4.79 Å². The van der Waals surface area contributed by atoms with E-state index in [0.29, 0.717) is 22.8 Å². The standard InChI is InChI=1S/C18H15BrO5/c1-21-15-9-14(19)17(22-2)7-12(15)10-23-13-5-3-11-4-6-18(20)24-16(11)8-13/h3-9H,10H2,1-2H3. The zero-order chi connectivity index (χ0) is 17.1. The van der Waals surface area contributed by atoms with Crippen molar-refractivity contribution in [2.75, 3.05) is 14.2 Å². The summed E-state index contributed by atoms with van der Waals surface area (Å²) in [7, 11) is 3.20. The van der Waals surface area contributed by atoms with Crippen molar-refractivity contribution in [3.63, 3.8) is 0 Å². The average Bonchev–Trinajstić information content (AvgIpc) is 2.59. The second-order valence-corrected chi connectivity index (χ2v) is 5.90. The molecule has 0 radical (unpaired) electrons. The Kier molecular flexibility index (Phi) is 4.76. The van der Waals surface area contributed by atoms with Crippen LogP contribution in [0.25, 0.3) is 11.0 Å². The summed E-state index contributed by atoms with van der Waals surface area (Å²) in [5, 5.41) is 0.838. The van der Waals surface area contributed by atoms with E-state index in [1.54, 1.807) is 26.4 Å². The van der Waals surface area contributed by atoms with Gasteiger partial charge in [0, 0.05) is 23.1 Å². The van der Waals surface area contributed by atoms with Crippen LogP contribution in [-0.2, 0) is 6.61 Å². The monoisotopic (exact) mass is 390 g/mol. The van der Waals surface area contributed by atoms with E-state index in [1.165, 1.54) is 6.07 Å². The molecule has 5 nitrogen and oxygen atoms in total. The molecule has 0 bridgehead atoms. The molecule has 0 saturated heterocycles. The third-order valence-corrected chi connectivity index (χ3v) is 4.16. The third kappa shape index (κ3) is 3.38. The lowest BCUT2D eigenvalue weighted by Crippen LogP contribution is -2.00. The summed E-state index contributed by atoms with van der Waals surface area (Å²) in [6.45, 7) is 0.287. The summed E-state index contributed by atoms with van der Waals surface area (Å²) < 4.78 is 22.5. The molecular weight excluding hydrogens is 376 g/mol. The second kappa shape index (κ2) is 6.97. The van der Waals surface area contributed by atoms with Crippen molar-refractivity contribution in [3.05, 3.63) is 62.9 Å². The molecule has 0 spiro atoms. The van der Waals surface area contributed by atoms with Crippen molar-refractivity contribution in [2.45, 2.75) is 6.61 Å². The van der Waals surface area contributed by atoms with Crippen LogP contribution in [0.4, 0.5) is 0 Å². The van der Waals surface area contributed by atoms with Gasteiger partial charge in [-0.3, -0.25) is 0 Å². The SMILES string of the molecule is COc1cc(COc2ccc3ccc(=O)oc3c2)c(OC)cc1Br. The molecule has 0 aliphatic heterocycles. The van der Waals surface area contributed by atoms with Crippen LogP contribution in [-0.4, -0.2) is 14.2 Å². The van der Waals surface area contributed by atoms with E-state index in [0.717, 1.165) is 15.4 Å². The summed E-state index contributed by atoms with van der Waals surface area (Å²) in [5.41, 5.74) is 0.937. The van der Waals surface area contributed by atoms with Gasteiger partial charge >= 0.3 is 5.63 Å². The maximum absolute atomic E-state index is 11.3. The van der Waals surface area contributed by atoms with Gasteiger partial charge < -0.3 is 18.6 Å². The second-order valence-electron chi connectivity index (χ2n) is 5.04. The van der Waals surface area contributed by atoms with E-state index in [1.807, 2.05) is 24.3 Å². The predicted octanol–water partition coefficient (Wildman–Crippen LogP) is 4.15. The minimum Gasteiger partial charge on any atom is -0.496 e. The molecular formula is C18H15BrO5. The van der Waals surface area contributed by atoms with Gasteiger partial charge in [0.15, 0.2) is 0 Å². The maximum Gasteiger partial charge on any atom is 0.336 e. The van der Waals surface area contributed by atoms with Gasteiger partial charge in [0.05, 0.1) is 18.7 Å². The first-order chi connectivity index (χ1) is 11.6. The molecule has 2 aromatic carbocycles. The van der Waals surface area contributed by atoms with Crippen LogP contribution in [0, 0.1) is 0 Å². The fourth-order valence-corrected chi connectivity index (χ4v) is 2.81. The highest BCUT2D eigenvalue weighted by molar-refractivity contribution is 9.10. The summed E-state index contributed by atoms with van der Waals surface area (Å²) in [6.07, 6.45) is 0. The third-order valence-electron chi connectivity index (χ3n) is 3.54. The Hall–Kier alpha value is -2.47. The van der Waals surface area contributed by atoms with Crippen molar-refractivity contribution in [1.29, 1.82) is 0 Å². The number of hydrogen-bond acceptors (Lipinski definition) is 5. The molecule has 3 rings (SSSR count). The van der Waals surface area contributed by atoms with Gasteiger partial charge in [0.2, 0.25) is 0 Å². The summed E-state index contributed by atoms with van der Waals surface area (Å²) in [6, 6.07) is 12.1. The minimum absolute atomic E-state index is 0.287. The summed E-state index contributed by atoms with van der Waals surface area (Å²) in [5.74, 6) is 1.98. The quantitative estimate of drug-likeness (QED) is 0.612. The Labute approximate surface area is 146 Å². The zero-order valence-corrected chi connectivity index (χ0v) is 14.8. The molecule has 0 aliphatic carbocycles.